The number of likely N-dealkylation sites (N-methyl/N-ethyl adjacent to an activating group) is 1. The van der Waals surface area contributed by atoms with Crippen molar-refractivity contribution in [3.63, 3.8) is 0 Å². The van der Waals surface area contributed by atoms with Gasteiger partial charge >= 0.3 is 0 Å². The van der Waals surface area contributed by atoms with Crippen molar-refractivity contribution < 1.29 is 27.2 Å². The van der Waals surface area contributed by atoms with Crippen LogP contribution in [0.25, 0.3) is 0 Å². The summed E-state index contributed by atoms with van der Waals surface area (Å²) in [5.41, 5.74) is 0.279. The largest absolute Gasteiger partial charge is 0.337 e. The third-order valence-electron chi connectivity index (χ3n) is 5.97. The summed E-state index contributed by atoms with van der Waals surface area (Å²) in [7, 11) is 1.48. The summed E-state index contributed by atoms with van der Waals surface area (Å²) in [6.45, 7) is 0.0911. The molecular formula is C21H19F4N7O2. The molecule has 3 aromatic rings. The van der Waals surface area contributed by atoms with Gasteiger partial charge in [0.25, 0.3) is 17.7 Å². The van der Waals surface area contributed by atoms with Gasteiger partial charge in [-0.3, -0.25) is 14.5 Å². The van der Waals surface area contributed by atoms with Crippen molar-refractivity contribution in [1.82, 2.24) is 29.9 Å². The summed E-state index contributed by atoms with van der Waals surface area (Å²) in [6, 6.07) is 4.30. The van der Waals surface area contributed by atoms with E-state index in [-0.39, 0.29) is 43.0 Å². The number of fused-ring (bicyclic) bond motifs is 1. The lowest BCUT2D eigenvalue weighted by molar-refractivity contribution is -0.120. The van der Waals surface area contributed by atoms with E-state index in [4.69, 9.17) is 0 Å². The molecule has 1 saturated carbocycles. The molecule has 178 valence electrons. The molecular weight excluding hydrogens is 458 g/mol. The number of amides is 2. The fourth-order valence-electron chi connectivity index (χ4n) is 3.96. The lowest BCUT2D eigenvalue weighted by atomic mass is 10.2. The third kappa shape index (κ3) is 3.90. The normalized spacial score (nSPS) is 21.2. The molecule has 2 aromatic heterocycles. The van der Waals surface area contributed by atoms with E-state index in [1.54, 1.807) is 0 Å². The van der Waals surface area contributed by atoms with Gasteiger partial charge in [-0.25, -0.2) is 31.9 Å². The highest BCUT2D eigenvalue weighted by atomic mass is 19.3. The number of aryl methyl sites for hydroxylation is 1. The maximum atomic E-state index is 13.9. The summed E-state index contributed by atoms with van der Waals surface area (Å²) >= 11 is 0. The minimum Gasteiger partial charge on any atom is -0.337 e. The van der Waals surface area contributed by atoms with Gasteiger partial charge in [-0.05, 0) is 12.5 Å². The Morgan fingerprint density at radius 1 is 1.26 bits per heavy atom. The summed E-state index contributed by atoms with van der Waals surface area (Å²) in [6.07, 6.45) is 1.12. The highest BCUT2D eigenvalue weighted by Gasteiger charge is 2.59. The number of nitrogens with zero attached hydrogens (tertiary/aromatic N) is 6. The summed E-state index contributed by atoms with van der Waals surface area (Å²) < 4.78 is 56.7. The topological polar surface area (TPSA) is 97.9 Å². The van der Waals surface area contributed by atoms with Crippen LogP contribution in [0.2, 0.25) is 0 Å². The molecule has 1 fully saturated rings. The Bertz CT molecular complexity index is 1290. The highest BCUT2D eigenvalue weighted by molar-refractivity contribution is 6.00. The fourth-order valence-corrected chi connectivity index (χ4v) is 3.96. The van der Waals surface area contributed by atoms with E-state index in [1.807, 2.05) is 0 Å². The van der Waals surface area contributed by atoms with E-state index in [2.05, 4.69) is 20.5 Å². The number of benzene rings is 1. The van der Waals surface area contributed by atoms with Crippen molar-refractivity contribution in [1.29, 1.82) is 0 Å². The Kier molecular flexibility index (Phi) is 5.14. The van der Waals surface area contributed by atoms with E-state index in [1.165, 1.54) is 45.8 Å². The lowest BCUT2D eigenvalue weighted by Gasteiger charge is -2.19. The van der Waals surface area contributed by atoms with Gasteiger partial charge in [0.15, 0.2) is 11.6 Å². The number of anilines is 1. The fraction of sp³-hybridized carbons (Fsp3) is 0.381. The van der Waals surface area contributed by atoms with Crippen LogP contribution >= 0.6 is 0 Å². The van der Waals surface area contributed by atoms with Gasteiger partial charge < -0.3 is 5.32 Å². The highest BCUT2D eigenvalue weighted by Crippen LogP contribution is 2.55. The molecule has 3 heterocycles. The zero-order valence-corrected chi connectivity index (χ0v) is 17.9. The van der Waals surface area contributed by atoms with Gasteiger partial charge in [-0.2, -0.15) is 5.10 Å². The average molecular weight is 477 g/mol. The molecule has 13 heteroatoms. The molecule has 5 rings (SSSR count). The first-order valence-electron chi connectivity index (χ1n) is 10.5. The van der Waals surface area contributed by atoms with E-state index in [0.717, 1.165) is 6.07 Å². The molecule has 1 aliphatic carbocycles. The first-order chi connectivity index (χ1) is 16.1. The van der Waals surface area contributed by atoms with Gasteiger partial charge in [-0.15, -0.1) is 5.10 Å². The van der Waals surface area contributed by atoms with Crippen LogP contribution < -0.4 is 10.2 Å². The predicted octanol–water partition coefficient (Wildman–Crippen LogP) is 2.09. The number of aromatic nitrogens is 5. The Labute approximate surface area is 190 Å². The number of hydrogen-bond donors (Lipinski definition) is 1. The summed E-state index contributed by atoms with van der Waals surface area (Å²) in [5, 5.41) is 10.8. The van der Waals surface area contributed by atoms with Crippen molar-refractivity contribution in [2.75, 3.05) is 11.9 Å². The van der Waals surface area contributed by atoms with Gasteiger partial charge in [-0.1, -0.05) is 12.1 Å². The van der Waals surface area contributed by atoms with Gasteiger partial charge in [0.2, 0.25) is 5.82 Å². The second-order valence-corrected chi connectivity index (χ2v) is 8.36. The average Bonchev–Trinajstić information content (AvgIpc) is 3.15. The second kappa shape index (κ2) is 7.92. The number of halogens is 4. The van der Waals surface area contributed by atoms with Crippen molar-refractivity contribution in [3.8, 4) is 0 Å². The van der Waals surface area contributed by atoms with Crippen LogP contribution in [0.15, 0.2) is 30.6 Å². The molecule has 1 aromatic carbocycles. The monoisotopic (exact) mass is 477 g/mol. The van der Waals surface area contributed by atoms with Crippen molar-refractivity contribution >= 4 is 17.6 Å². The molecule has 0 radical (unpaired) electrons. The Balaban J connectivity index is 1.26. The van der Waals surface area contributed by atoms with Crippen LogP contribution in [0.1, 0.15) is 40.6 Å². The molecule has 2 aliphatic rings. The number of rotatable bonds is 5. The zero-order chi connectivity index (χ0) is 24.2. The molecule has 0 spiro atoms. The first-order valence-corrected chi connectivity index (χ1v) is 10.5. The zero-order valence-electron chi connectivity index (χ0n) is 17.9. The van der Waals surface area contributed by atoms with E-state index in [9.17, 15) is 27.2 Å². The van der Waals surface area contributed by atoms with Crippen LogP contribution in [-0.4, -0.2) is 55.4 Å². The molecule has 2 amide bonds. The molecule has 2 atom stereocenters. The Morgan fingerprint density at radius 2 is 2.03 bits per heavy atom. The van der Waals surface area contributed by atoms with Crippen molar-refractivity contribution in [3.05, 3.63) is 59.3 Å². The number of carbonyl (C=O) groups is 2. The molecule has 2 unspecified atom stereocenters. The maximum absolute atomic E-state index is 13.9. The molecule has 0 bridgehead atoms. The molecule has 9 nitrogen and oxygen atoms in total. The molecule has 0 saturated heterocycles. The van der Waals surface area contributed by atoms with Crippen LogP contribution in [0.3, 0.4) is 0 Å². The Morgan fingerprint density at radius 3 is 2.76 bits per heavy atom. The third-order valence-corrected chi connectivity index (χ3v) is 5.97. The standard InChI is InChI=1S/C21H19F4N7O2/c1-30-16-7-15(12-8-21(12,24)25)28-32(16)6-5-14(20(30)34)27-19(33)18-26-10-31(29-18)9-11-3-2-4-13(22)17(11)23/h2-4,7,10,12,14H,5-6,8-9H2,1H3,(H,27,33). The van der Waals surface area contributed by atoms with Gasteiger partial charge in [0, 0.05) is 31.6 Å². The number of nitrogens with one attached hydrogen (secondary N) is 1. The molecule has 1 aliphatic heterocycles. The molecule has 1 N–H and O–H groups in total. The Hall–Kier alpha value is -3.77. The van der Waals surface area contributed by atoms with E-state index >= 15 is 0 Å². The van der Waals surface area contributed by atoms with Gasteiger partial charge in [0.1, 0.15) is 18.2 Å². The summed E-state index contributed by atoms with van der Waals surface area (Å²) in [5.74, 6) is -6.74. The minimum atomic E-state index is -2.77. The SMILES string of the molecule is CN1C(=O)C(NC(=O)c2ncn(Cc3cccc(F)c3F)n2)CCn2nc(C3CC3(F)F)cc21. The minimum absolute atomic E-state index is 0.0372. The number of hydrogen-bond acceptors (Lipinski definition) is 5. The number of alkyl halides is 2. The van der Waals surface area contributed by atoms with E-state index < -0.39 is 41.3 Å². The van der Waals surface area contributed by atoms with Gasteiger partial charge in [0.05, 0.1) is 18.2 Å². The first kappa shape index (κ1) is 22.0. The second-order valence-electron chi connectivity index (χ2n) is 8.36. The van der Waals surface area contributed by atoms with Crippen LogP contribution in [0.4, 0.5) is 23.4 Å². The smallest absolute Gasteiger partial charge is 0.291 e. The summed E-state index contributed by atoms with van der Waals surface area (Å²) in [4.78, 5) is 30.7. The lowest BCUT2D eigenvalue weighted by Crippen LogP contribution is -2.47. The van der Waals surface area contributed by atoms with Crippen molar-refractivity contribution in [2.24, 2.45) is 0 Å². The maximum Gasteiger partial charge on any atom is 0.291 e. The number of carbonyl (C=O) groups excluding carboxylic acids is 2. The van der Waals surface area contributed by atoms with Crippen LogP contribution in [-0.2, 0) is 17.9 Å². The predicted molar refractivity (Wildman–Crippen MR) is 109 cm³/mol. The molecule has 34 heavy (non-hydrogen) atoms. The van der Waals surface area contributed by atoms with Crippen LogP contribution in [0, 0.1) is 11.6 Å². The van der Waals surface area contributed by atoms with E-state index in [0.29, 0.717) is 5.82 Å². The van der Waals surface area contributed by atoms with Crippen LogP contribution in [0.5, 0.6) is 0 Å². The quantitative estimate of drug-likeness (QED) is 0.568. The van der Waals surface area contributed by atoms with Crippen molar-refractivity contribution in [2.45, 2.75) is 43.8 Å².